The molecule has 0 atom stereocenters. The zero-order chi connectivity index (χ0) is 18.7. The van der Waals surface area contributed by atoms with Gasteiger partial charge < -0.3 is 14.8 Å². The van der Waals surface area contributed by atoms with Gasteiger partial charge in [0.15, 0.2) is 5.75 Å². The van der Waals surface area contributed by atoms with Gasteiger partial charge in [-0.05, 0) is 35.2 Å². The van der Waals surface area contributed by atoms with Gasteiger partial charge in [0.1, 0.15) is 11.4 Å². The van der Waals surface area contributed by atoms with E-state index in [4.69, 9.17) is 5.11 Å². The number of rotatable bonds is 5. The highest BCUT2D eigenvalue weighted by atomic mass is 19.1. The first-order chi connectivity index (χ1) is 12.4. The van der Waals surface area contributed by atoms with Crippen LogP contribution in [0.25, 0.3) is 11.1 Å². The van der Waals surface area contributed by atoms with Crippen LogP contribution in [0.3, 0.4) is 0 Å². The van der Waals surface area contributed by atoms with E-state index in [-0.39, 0.29) is 5.82 Å². The number of carboxylic acid groups (broad SMARTS) is 1. The highest BCUT2D eigenvalue weighted by Crippen LogP contribution is 2.20. The smallest absolute Gasteiger partial charge is 0.341 e. The van der Waals surface area contributed by atoms with Crippen molar-refractivity contribution in [3.05, 3.63) is 88.1 Å². The molecule has 1 heterocycles. The molecule has 0 radical (unpaired) electrons. The minimum absolute atomic E-state index is 0.282. The van der Waals surface area contributed by atoms with Crippen molar-refractivity contribution >= 4 is 5.97 Å². The highest BCUT2D eigenvalue weighted by molar-refractivity contribution is 5.87. The number of aryl methyl sites for hydroxylation is 2. The van der Waals surface area contributed by atoms with Crippen LogP contribution < -0.4 is 5.43 Å². The third kappa shape index (κ3) is 3.80. The van der Waals surface area contributed by atoms with Crippen molar-refractivity contribution in [3.8, 4) is 16.9 Å². The number of halogens is 1. The first-order valence-electron chi connectivity index (χ1n) is 7.95. The first kappa shape index (κ1) is 17.4. The van der Waals surface area contributed by atoms with Crippen molar-refractivity contribution in [2.75, 3.05) is 0 Å². The molecule has 2 aromatic carbocycles. The van der Waals surface area contributed by atoms with Gasteiger partial charge in [-0.3, -0.25) is 4.79 Å². The van der Waals surface area contributed by atoms with Crippen molar-refractivity contribution in [3.63, 3.8) is 0 Å². The predicted molar refractivity (Wildman–Crippen MR) is 94.9 cm³/mol. The highest BCUT2D eigenvalue weighted by Gasteiger charge is 2.13. The average Bonchev–Trinajstić information content (AvgIpc) is 2.63. The predicted octanol–water partition coefficient (Wildman–Crippen LogP) is 3.30. The molecule has 132 valence electrons. The summed E-state index contributed by atoms with van der Waals surface area (Å²) in [7, 11) is 0. The van der Waals surface area contributed by atoms with Crippen LogP contribution in [0.5, 0.6) is 5.75 Å². The minimum atomic E-state index is -1.37. The summed E-state index contributed by atoms with van der Waals surface area (Å²) < 4.78 is 14.5. The van der Waals surface area contributed by atoms with Gasteiger partial charge in [-0.1, -0.05) is 36.4 Å². The molecule has 0 saturated carbocycles. The zero-order valence-electron chi connectivity index (χ0n) is 13.7. The second-order valence-electron chi connectivity index (χ2n) is 5.88. The summed E-state index contributed by atoms with van der Waals surface area (Å²) in [6.07, 6.45) is 3.03. The molecule has 5 nitrogen and oxygen atoms in total. The summed E-state index contributed by atoms with van der Waals surface area (Å²) in [4.78, 5) is 22.6. The lowest BCUT2D eigenvalue weighted by molar-refractivity contribution is 0.0693. The van der Waals surface area contributed by atoms with Crippen LogP contribution in [0.4, 0.5) is 4.39 Å². The number of aromatic hydroxyl groups is 1. The van der Waals surface area contributed by atoms with Gasteiger partial charge in [0.25, 0.3) is 0 Å². The maximum atomic E-state index is 13.0. The van der Waals surface area contributed by atoms with Gasteiger partial charge in [-0.2, -0.15) is 0 Å². The molecular formula is C20H16FNO4. The van der Waals surface area contributed by atoms with Crippen LogP contribution >= 0.6 is 0 Å². The van der Waals surface area contributed by atoms with E-state index < -0.39 is 22.7 Å². The van der Waals surface area contributed by atoms with Crippen LogP contribution in [0.2, 0.25) is 0 Å². The molecule has 0 fully saturated rings. The van der Waals surface area contributed by atoms with Gasteiger partial charge in [-0.15, -0.1) is 0 Å². The Morgan fingerprint density at radius 2 is 1.54 bits per heavy atom. The van der Waals surface area contributed by atoms with Crippen molar-refractivity contribution < 1.29 is 19.4 Å². The number of aromatic carboxylic acids is 1. The van der Waals surface area contributed by atoms with Gasteiger partial charge in [-0.25, -0.2) is 9.18 Å². The number of carbonyl (C=O) groups is 1. The summed E-state index contributed by atoms with van der Waals surface area (Å²) in [5, 5.41) is 18.6. The standard InChI is InChI=1S/C20H16FNO4/c21-16-7-5-15(6-8-16)14-3-1-13(2-4-14)9-10-22-11-17(20(25)26)19(24)18(23)12-22/h1-8,11-12,23H,9-10H2,(H,25,26). The number of aromatic nitrogens is 1. The fraction of sp³-hybridized carbons (Fsp3) is 0.100. The number of nitrogens with zero attached hydrogens (tertiary/aromatic N) is 1. The Kier molecular flexibility index (Phi) is 4.84. The fourth-order valence-corrected chi connectivity index (χ4v) is 2.66. The van der Waals surface area contributed by atoms with E-state index in [0.717, 1.165) is 16.7 Å². The molecule has 6 heteroatoms. The molecule has 26 heavy (non-hydrogen) atoms. The van der Waals surface area contributed by atoms with Crippen LogP contribution in [-0.4, -0.2) is 20.7 Å². The van der Waals surface area contributed by atoms with Crippen molar-refractivity contribution in [2.24, 2.45) is 0 Å². The quantitative estimate of drug-likeness (QED) is 0.738. The molecule has 0 amide bonds. The monoisotopic (exact) mass is 353 g/mol. The summed E-state index contributed by atoms with van der Waals surface area (Å²) in [6, 6.07) is 13.9. The third-order valence-corrected chi connectivity index (χ3v) is 4.08. The van der Waals surface area contributed by atoms with Crippen LogP contribution in [0, 0.1) is 5.82 Å². The van der Waals surface area contributed by atoms with Gasteiger partial charge in [0, 0.05) is 18.9 Å². The Balaban J connectivity index is 1.73. The molecule has 0 spiro atoms. The topological polar surface area (TPSA) is 79.5 Å². The molecule has 3 rings (SSSR count). The molecule has 0 aliphatic rings. The Morgan fingerprint density at radius 3 is 2.12 bits per heavy atom. The van der Waals surface area contributed by atoms with Crippen molar-refractivity contribution in [2.45, 2.75) is 13.0 Å². The Bertz CT molecular complexity index is 992. The number of hydrogen-bond acceptors (Lipinski definition) is 3. The SMILES string of the molecule is O=C(O)c1cn(CCc2ccc(-c3ccc(F)cc3)cc2)cc(O)c1=O. The normalized spacial score (nSPS) is 10.7. The van der Waals surface area contributed by atoms with Gasteiger partial charge in [0.2, 0.25) is 5.43 Å². The number of hydrogen-bond donors (Lipinski definition) is 2. The van der Waals surface area contributed by atoms with E-state index in [1.54, 1.807) is 12.1 Å². The average molecular weight is 353 g/mol. The van der Waals surface area contributed by atoms with Crippen LogP contribution in [0.15, 0.2) is 65.7 Å². The van der Waals surface area contributed by atoms with Crippen LogP contribution in [0.1, 0.15) is 15.9 Å². The maximum Gasteiger partial charge on any atom is 0.341 e. The lowest BCUT2D eigenvalue weighted by Crippen LogP contribution is -2.17. The van der Waals surface area contributed by atoms with E-state index >= 15 is 0 Å². The third-order valence-electron chi connectivity index (χ3n) is 4.08. The Morgan fingerprint density at radius 1 is 0.962 bits per heavy atom. The fourth-order valence-electron chi connectivity index (χ4n) is 2.66. The van der Waals surface area contributed by atoms with Crippen LogP contribution in [-0.2, 0) is 13.0 Å². The summed E-state index contributed by atoms with van der Waals surface area (Å²) >= 11 is 0. The molecular weight excluding hydrogens is 337 g/mol. The number of pyridine rings is 1. The molecule has 3 aromatic rings. The maximum absolute atomic E-state index is 13.0. The molecule has 0 unspecified atom stereocenters. The molecule has 0 bridgehead atoms. The molecule has 0 saturated heterocycles. The lowest BCUT2D eigenvalue weighted by Gasteiger charge is -2.09. The summed E-state index contributed by atoms with van der Waals surface area (Å²) in [6.45, 7) is 0.407. The molecule has 1 aromatic heterocycles. The Hall–Kier alpha value is -3.41. The van der Waals surface area contributed by atoms with E-state index in [9.17, 15) is 19.1 Å². The van der Waals surface area contributed by atoms with E-state index in [1.807, 2.05) is 24.3 Å². The second-order valence-corrected chi connectivity index (χ2v) is 5.88. The van der Waals surface area contributed by atoms with Crippen molar-refractivity contribution in [1.29, 1.82) is 0 Å². The summed E-state index contributed by atoms with van der Waals surface area (Å²) in [5.74, 6) is -2.24. The largest absolute Gasteiger partial charge is 0.503 e. The van der Waals surface area contributed by atoms with Gasteiger partial charge in [0.05, 0.1) is 0 Å². The number of carboxylic acids is 1. The van der Waals surface area contributed by atoms with Gasteiger partial charge >= 0.3 is 5.97 Å². The van der Waals surface area contributed by atoms with E-state index in [0.29, 0.717) is 13.0 Å². The Labute approximate surface area is 148 Å². The summed E-state index contributed by atoms with van der Waals surface area (Å²) in [5.41, 5.74) is 1.53. The molecule has 0 aliphatic heterocycles. The zero-order valence-corrected chi connectivity index (χ0v) is 13.7. The lowest BCUT2D eigenvalue weighted by atomic mass is 10.0. The molecule has 0 aliphatic carbocycles. The number of benzene rings is 2. The van der Waals surface area contributed by atoms with E-state index in [1.165, 1.54) is 29.1 Å². The second kappa shape index (κ2) is 7.23. The molecule has 2 N–H and O–H groups in total. The van der Waals surface area contributed by atoms with Crippen molar-refractivity contribution in [1.82, 2.24) is 4.57 Å². The first-order valence-corrected chi connectivity index (χ1v) is 7.95. The van der Waals surface area contributed by atoms with E-state index in [2.05, 4.69) is 0 Å². The minimum Gasteiger partial charge on any atom is -0.503 e.